The van der Waals surface area contributed by atoms with Gasteiger partial charge < -0.3 is 5.11 Å². The molecule has 0 fully saturated rings. The lowest BCUT2D eigenvalue weighted by molar-refractivity contribution is 0.471. The van der Waals surface area contributed by atoms with Crippen LogP contribution in [0.4, 0.5) is 10.1 Å². The standard InChI is InChI=1S/C8H9ClFNO5S2/c1-17(13,14)4-18(15,16)11-7-2-5(9)6(10)3-8(7)12/h2-3,11-12H,4H2,1H3. The van der Waals surface area contributed by atoms with E-state index in [9.17, 15) is 26.3 Å². The fourth-order valence-electron chi connectivity index (χ4n) is 1.10. The van der Waals surface area contributed by atoms with Gasteiger partial charge in [0.05, 0.1) is 10.7 Å². The zero-order valence-electron chi connectivity index (χ0n) is 9.01. The van der Waals surface area contributed by atoms with Crippen LogP contribution in [0.1, 0.15) is 0 Å². The fraction of sp³-hybridized carbons (Fsp3) is 0.250. The number of hydrogen-bond donors (Lipinski definition) is 2. The number of phenolic OH excluding ortho intramolecular Hbond substituents is 1. The second-order valence-electron chi connectivity index (χ2n) is 3.54. The number of phenols is 1. The van der Waals surface area contributed by atoms with E-state index in [1.165, 1.54) is 0 Å². The van der Waals surface area contributed by atoms with Crippen molar-refractivity contribution in [2.75, 3.05) is 16.1 Å². The predicted molar refractivity (Wildman–Crippen MR) is 65.3 cm³/mol. The highest BCUT2D eigenvalue weighted by Crippen LogP contribution is 2.30. The average Bonchev–Trinajstić information content (AvgIpc) is 2.09. The van der Waals surface area contributed by atoms with Crippen LogP contribution in [0.2, 0.25) is 5.02 Å². The number of anilines is 1. The molecular formula is C8H9ClFNO5S2. The number of aromatic hydroxyl groups is 1. The van der Waals surface area contributed by atoms with Gasteiger partial charge in [-0.3, -0.25) is 4.72 Å². The van der Waals surface area contributed by atoms with Gasteiger partial charge in [-0.15, -0.1) is 0 Å². The highest BCUT2D eigenvalue weighted by Gasteiger charge is 2.20. The van der Waals surface area contributed by atoms with E-state index < -0.39 is 47.2 Å². The van der Waals surface area contributed by atoms with Gasteiger partial charge in [-0.05, 0) is 6.07 Å². The molecule has 0 saturated heterocycles. The molecule has 0 unspecified atom stereocenters. The summed E-state index contributed by atoms with van der Waals surface area (Å²) in [5.41, 5.74) is -0.398. The first-order valence-electron chi connectivity index (χ1n) is 4.36. The van der Waals surface area contributed by atoms with Gasteiger partial charge in [-0.25, -0.2) is 21.2 Å². The molecule has 1 aromatic carbocycles. The van der Waals surface area contributed by atoms with E-state index in [0.29, 0.717) is 6.07 Å². The molecule has 0 spiro atoms. The highest BCUT2D eigenvalue weighted by atomic mass is 35.5. The summed E-state index contributed by atoms with van der Waals surface area (Å²) >= 11 is 5.41. The van der Waals surface area contributed by atoms with Gasteiger partial charge in [-0.2, -0.15) is 0 Å². The summed E-state index contributed by atoms with van der Waals surface area (Å²) in [6.45, 7) is 0. The van der Waals surface area contributed by atoms with Gasteiger partial charge >= 0.3 is 0 Å². The lowest BCUT2D eigenvalue weighted by atomic mass is 10.3. The predicted octanol–water partition coefficient (Wildman–Crippen LogP) is 0.928. The normalized spacial score (nSPS) is 12.4. The molecule has 0 heterocycles. The highest BCUT2D eigenvalue weighted by molar-refractivity contribution is 8.08. The van der Waals surface area contributed by atoms with Crippen molar-refractivity contribution in [1.82, 2.24) is 0 Å². The zero-order valence-corrected chi connectivity index (χ0v) is 11.4. The maximum atomic E-state index is 12.9. The first-order chi connectivity index (χ1) is 8.00. The second kappa shape index (κ2) is 4.90. The topological polar surface area (TPSA) is 101 Å². The van der Waals surface area contributed by atoms with Crippen LogP contribution in [-0.4, -0.2) is 33.3 Å². The Kier molecular flexibility index (Phi) is 4.08. The molecule has 0 aliphatic heterocycles. The molecule has 0 amide bonds. The maximum absolute atomic E-state index is 12.9. The molecule has 1 aromatic rings. The van der Waals surface area contributed by atoms with E-state index in [2.05, 4.69) is 0 Å². The summed E-state index contributed by atoms with van der Waals surface area (Å²) in [7, 11) is -8.00. The third kappa shape index (κ3) is 4.31. The molecule has 1 rings (SSSR count). The molecule has 10 heteroatoms. The Bertz CT molecular complexity index is 671. The lowest BCUT2D eigenvalue weighted by Gasteiger charge is -2.09. The number of hydrogen-bond acceptors (Lipinski definition) is 5. The zero-order chi connectivity index (χ0) is 14.1. The summed E-state index contributed by atoms with van der Waals surface area (Å²) in [5, 5.41) is 7.73. The van der Waals surface area contributed by atoms with Crippen molar-refractivity contribution in [1.29, 1.82) is 0 Å². The van der Waals surface area contributed by atoms with Gasteiger partial charge in [-0.1, -0.05) is 11.6 Å². The molecule has 6 nitrogen and oxygen atoms in total. The number of sulfonamides is 1. The SMILES string of the molecule is CS(=O)(=O)CS(=O)(=O)Nc1cc(Cl)c(F)cc1O. The minimum Gasteiger partial charge on any atom is -0.506 e. The maximum Gasteiger partial charge on any atom is 0.247 e. The van der Waals surface area contributed by atoms with Crippen LogP contribution in [0.5, 0.6) is 5.75 Å². The van der Waals surface area contributed by atoms with Crippen LogP contribution in [0, 0.1) is 5.82 Å². The average molecular weight is 318 g/mol. The van der Waals surface area contributed by atoms with Gasteiger partial charge in [0.25, 0.3) is 0 Å². The van der Waals surface area contributed by atoms with Gasteiger partial charge in [0.15, 0.2) is 14.9 Å². The quantitative estimate of drug-likeness (QED) is 0.805. The van der Waals surface area contributed by atoms with Crippen molar-refractivity contribution >= 4 is 37.1 Å². The number of benzene rings is 1. The fourth-order valence-corrected chi connectivity index (χ4v) is 4.25. The van der Waals surface area contributed by atoms with Crippen molar-refractivity contribution in [2.45, 2.75) is 0 Å². The van der Waals surface area contributed by atoms with Crippen molar-refractivity contribution < 1.29 is 26.3 Å². The van der Waals surface area contributed by atoms with Crippen molar-refractivity contribution in [3.63, 3.8) is 0 Å². The van der Waals surface area contributed by atoms with Gasteiger partial charge in [0, 0.05) is 12.3 Å². The molecular weight excluding hydrogens is 309 g/mol. The van der Waals surface area contributed by atoms with Crippen LogP contribution in [0.25, 0.3) is 0 Å². The van der Waals surface area contributed by atoms with Crippen LogP contribution < -0.4 is 4.72 Å². The van der Waals surface area contributed by atoms with Crippen molar-refractivity contribution in [3.8, 4) is 5.75 Å². The first kappa shape index (κ1) is 15.0. The Morgan fingerprint density at radius 3 is 2.39 bits per heavy atom. The summed E-state index contributed by atoms with van der Waals surface area (Å²) in [4.78, 5) is 0. The Morgan fingerprint density at radius 2 is 1.89 bits per heavy atom. The minimum atomic E-state index is -4.22. The first-order valence-corrected chi connectivity index (χ1v) is 8.45. The van der Waals surface area contributed by atoms with E-state index in [-0.39, 0.29) is 0 Å². The van der Waals surface area contributed by atoms with Crippen molar-refractivity contribution in [3.05, 3.63) is 23.0 Å². The van der Waals surface area contributed by atoms with E-state index in [0.717, 1.165) is 12.3 Å². The van der Waals surface area contributed by atoms with E-state index in [1.807, 2.05) is 0 Å². The molecule has 2 N–H and O–H groups in total. The minimum absolute atomic E-state index is 0.398. The van der Waals surface area contributed by atoms with E-state index in [4.69, 9.17) is 11.6 Å². The Morgan fingerprint density at radius 1 is 1.33 bits per heavy atom. The molecule has 0 aliphatic rings. The third-order valence-corrected chi connectivity index (χ3v) is 5.45. The van der Waals surface area contributed by atoms with E-state index in [1.54, 1.807) is 4.72 Å². The molecule has 0 saturated carbocycles. The smallest absolute Gasteiger partial charge is 0.247 e. The molecule has 0 atom stereocenters. The van der Waals surface area contributed by atoms with Crippen molar-refractivity contribution in [2.24, 2.45) is 0 Å². The molecule has 0 bridgehead atoms. The summed E-state index contributed by atoms with van der Waals surface area (Å²) in [6.07, 6.45) is 0.740. The summed E-state index contributed by atoms with van der Waals surface area (Å²) < 4.78 is 59.3. The van der Waals surface area contributed by atoms with Crippen LogP contribution in [-0.2, 0) is 19.9 Å². The van der Waals surface area contributed by atoms with E-state index >= 15 is 0 Å². The van der Waals surface area contributed by atoms with Crippen LogP contribution in [0.15, 0.2) is 12.1 Å². The van der Waals surface area contributed by atoms with Crippen LogP contribution in [0.3, 0.4) is 0 Å². The largest absolute Gasteiger partial charge is 0.506 e. The molecule has 0 radical (unpaired) electrons. The Hall–Kier alpha value is -1.06. The Balaban J connectivity index is 3.09. The molecule has 0 aliphatic carbocycles. The summed E-state index contributed by atoms with van der Waals surface area (Å²) in [6, 6.07) is 1.45. The van der Waals surface area contributed by atoms with Gasteiger partial charge in [0.1, 0.15) is 11.6 Å². The molecule has 102 valence electrons. The van der Waals surface area contributed by atoms with Gasteiger partial charge in [0.2, 0.25) is 10.0 Å². The number of sulfone groups is 1. The summed E-state index contributed by atoms with van der Waals surface area (Å²) in [5.74, 6) is -1.63. The molecule has 18 heavy (non-hydrogen) atoms. The monoisotopic (exact) mass is 317 g/mol. The third-order valence-electron chi connectivity index (χ3n) is 1.67. The number of nitrogens with one attached hydrogen (secondary N) is 1. The number of rotatable bonds is 4. The number of halogens is 2. The second-order valence-corrected chi connectivity index (χ2v) is 8.18. The molecule has 0 aromatic heterocycles. The Labute approximate surface area is 108 Å². The lowest BCUT2D eigenvalue weighted by Crippen LogP contribution is -2.22. The van der Waals surface area contributed by atoms with Crippen LogP contribution >= 0.6 is 11.6 Å².